The van der Waals surface area contributed by atoms with E-state index in [4.69, 9.17) is 4.52 Å². The van der Waals surface area contributed by atoms with Gasteiger partial charge in [0.1, 0.15) is 0 Å². The third-order valence-electron chi connectivity index (χ3n) is 5.51. The maximum atomic E-state index is 12.9. The van der Waals surface area contributed by atoms with Gasteiger partial charge in [-0.15, -0.1) is 0 Å². The third-order valence-corrected chi connectivity index (χ3v) is 7.11. The molecule has 1 aliphatic rings. The first kappa shape index (κ1) is 21.0. The van der Waals surface area contributed by atoms with Crippen molar-refractivity contribution in [1.82, 2.24) is 14.8 Å². The van der Waals surface area contributed by atoms with E-state index < -0.39 is 10.0 Å². The van der Waals surface area contributed by atoms with E-state index in [1.54, 1.807) is 12.1 Å². The molecule has 1 atom stereocenters. The number of aromatic nitrogens is 1. The Hall–Kier alpha value is -1.70. The van der Waals surface area contributed by atoms with Crippen molar-refractivity contribution in [2.45, 2.75) is 63.8 Å². The molecule has 1 aliphatic heterocycles. The van der Waals surface area contributed by atoms with E-state index in [9.17, 15) is 8.42 Å². The van der Waals surface area contributed by atoms with Crippen LogP contribution in [0.4, 0.5) is 0 Å². The highest BCUT2D eigenvalue weighted by Gasteiger charge is 2.20. The van der Waals surface area contributed by atoms with E-state index in [0.29, 0.717) is 34.4 Å². The Morgan fingerprint density at radius 3 is 2.50 bits per heavy atom. The summed E-state index contributed by atoms with van der Waals surface area (Å²) in [6.07, 6.45) is 5.89. The zero-order chi connectivity index (χ0) is 20.1. The molecule has 0 bridgehead atoms. The number of hydrogen-bond donors (Lipinski definition) is 1. The molecule has 28 heavy (non-hydrogen) atoms. The second kappa shape index (κ2) is 9.20. The fraction of sp³-hybridized carbons (Fsp3) is 0.571. The van der Waals surface area contributed by atoms with Crippen molar-refractivity contribution in [3.63, 3.8) is 0 Å². The molecule has 6 nitrogen and oxygen atoms in total. The second-order valence-corrected chi connectivity index (χ2v) is 9.53. The maximum absolute atomic E-state index is 12.9. The lowest BCUT2D eigenvalue weighted by Gasteiger charge is -2.27. The van der Waals surface area contributed by atoms with Gasteiger partial charge in [-0.3, -0.25) is 0 Å². The van der Waals surface area contributed by atoms with Crippen LogP contribution >= 0.6 is 0 Å². The summed E-state index contributed by atoms with van der Waals surface area (Å²) in [6.45, 7) is 8.51. The average molecular weight is 406 g/mol. The Kier molecular flexibility index (Phi) is 6.91. The zero-order valence-corrected chi connectivity index (χ0v) is 17.9. The summed E-state index contributed by atoms with van der Waals surface area (Å²) in [5, 5.41) is 3.88. The van der Waals surface area contributed by atoms with Crippen molar-refractivity contribution in [1.29, 1.82) is 0 Å². The summed E-state index contributed by atoms with van der Waals surface area (Å²) in [6, 6.07) is 7.51. The number of hydrogen-bond acceptors (Lipinski definition) is 5. The van der Waals surface area contributed by atoms with Gasteiger partial charge in [-0.25, -0.2) is 13.1 Å². The van der Waals surface area contributed by atoms with Gasteiger partial charge < -0.3 is 9.42 Å². The van der Waals surface area contributed by atoms with E-state index in [2.05, 4.69) is 21.7 Å². The Bertz CT molecular complexity index is 884. The molecule has 1 saturated heterocycles. The van der Waals surface area contributed by atoms with Crippen LogP contribution in [-0.4, -0.2) is 44.2 Å². The molecule has 0 unspecified atom stereocenters. The minimum absolute atomic E-state index is 0.293. The van der Waals surface area contributed by atoms with Crippen molar-refractivity contribution in [3.8, 4) is 11.3 Å². The van der Waals surface area contributed by atoms with Crippen LogP contribution in [-0.2, 0) is 10.0 Å². The third kappa shape index (κ3) is 5.21. The molecule has 1 aromatic heterocycles. The van der Waals surface area contributed by atoms with Crippen LogP contribution in [0, 0.1) is 13.8 Å². The van der Waals surface area contributed by atoms with Gasteiger partial charge in [-0.2, -0.15) is 0 Å². The van der Waals surface area contributed by atoms with Crippen LogP contribution in [0.25, 0.3) is 11.3 Å². The summed E-state index contributed by atoms with van der Waals surface area (Å²) >= 11 is 0. The van der Waals surface area contributed by atoms with Gasteiger partial charge in [0.05, 0.1) is 10.6 Å². The Labute approximate surface area is 168 Å². The summed E-state index contributed by atoms with van der Waals surface area (Å²) in [7, 11) is -3.58. The monoisotopic (exact) mass is 405 g/mol. The van der Waals surface area contributed by atoms with E-state index in [1.807, 2.05) is 26.0 Å². The molecule has 0 saturated carbocycles. The maximum Gasteiger partial charge on any atom is 0.240 e. The SMILES string of the molecule is Cc1cc(-c2ccc(C)c(S(=O)(=O)NCC[C@@H](C)N3CCCCCC3)c2)on1. The van der Waals surface area contributed by atoms with Crippen molar-refractivity contribution in [3.05, 3.63) is 35.5 Å². The lowest BCUT2D eigenvalue weighted by Crippen LogP contribution is -2.37. The van der Waals surface area contributed by atoms with Crippen molar-refractivity contribution in [2.24, 2.45) is 0 Å². The molecule has 7 heteroatoms. The number of nitrogens with zero attached hydrogens (tertiary/aromatic N) is 2. The summed E-state index contributed by atoms with van der Waals surface area (Å²) < 4.78 is 33.8. The fourth-order valence-electron chi connectivity index (χ4n) is 3.74. The van der Waals surface area contributed by atoms with Crippen LogP contribution < -0.4 is 4.72 Å². The first-order valence-electron chi connectivity index (χ1n) is 10.1. The fourth-order valence-corrected chi connectivity index (χ4v) is 5.06. The highest BCUT2D eigenvalue weighted by molar-refractivity contribution is 7.89. The Morgan fingerprint density at radius 2 is 1.86 bits per heavy atom. The van der Waals surface area contributed by atoms with E-state index >= 15 is 0 Å². The predicted octanol–water partition coefficient (Wildman–Crippen LogP) is 3.89. The molecule has 1 N–H and O–H groups in total. The van der Waals surface area contributed by atoms with E-state index in [-0.39, 0.29) is 0 Å². The van der Waals surface area contributed by atoms with Gasteiger partial charge in [-0.05, 0) is 64.8 Å². The molecule has 1 aromatic carbocycles. The molecule has 0 amide bonds. The molecule has 2 heterocycles. The van der Waals surface area contributed by atoms with Crippen LogP contribution in [0.3, 0.4) is 0 Å². The number of benzene rings is 1. The van der Waals surface area contributed by atoms with Gasteiger partial charge in [0.15, 0.2) is 5.76 Å². The number of nitrogens with one attached hydrogen (secondary N) is 1. The largest absolute Gasteiger partial charge is 0.356 e. The molecule has 3 rings (SSSR count). The number of rotatable bonds is 7. The van der Waals surface area contributed by atoms with Gasteiger partial charge in [0.25, 0.3) is 0 Å². The van der Waals surface area contributed by atoms with E-state index in [0.717, 1.165) is 25.2 Å². The zero-order valence-electron chi connectivity index (χ0n) is 17.1. The predicted molar refractivity (Wildman–Crippen MR) is 111 cm³/mol. The molecule has 1 fully saturated rings. The standard InChI is InChI=1S/C21H31N3O3S/c1-16-8-9-19(20-14-17(2)23-27-20)15-21(16)28(25,26)22-11-10-18(3)24-12-6-4-5-7-13-24/h8-9,14-15,18,22H,4-7,10-13H2,1-3H3/t18-/m1/s1. The lowest BCUT2D eigenvalue weighted by molar-refractivity contribution is 0.208. The van der Waals surface area contributed by atoms with E-state index in [1.165, 1.54) is 25.7 Å². The molecule has 0 aliphatic carbocycles. The Balaban J connectivity index is 1.65. The average Bonchev–Trinajstić information content (AvgIpc) is 2.92. The van der Waals surface area contributed by atoms with Gasteiger partial charge in [0.2, 0.25) is 10.0 Å². The quantitative estimate of drug-likeness (QED) is 0.756. The summed E-state index contributed by atoms with van der Waals surface area (Å²) in [5.41, 5.74) is 2.19. The van der Waals surface area contributed by atoms with Crippen LogP contribution in [0.2, 0.25) is 0 Å². The summed E-state index contributed by atoms with van der Waals surface area (Å²) in [4.78, 5) is 2.78. The minimum Gasteiger partial charge on any atom is -0.356 e. The van der Waals surface area contributed by atoms with Gasteiger partial charge in [-0.1, -0.05) is 30.1 Å². The normalized spacial score (nSPS) is 17.4. The first-order chi connectivity index (χ1) is 13.4. The minimum atomic E-state index is -3.58. The molecule has 0 spiro atoms. The van der Waals surface area contributed by atoms with Crippen LogP contribution in [0.15, 0.2) is 33.7 Å². The number of sulfonamides is 1. The second-order valence-electron chi connectivity index (χ2n) is 7.80. The smallest absolute Gasteiger partial charge is 0.240 e. The molecular weight excluding hydrogens is 374 g/mol. The molecule has 0 radical (unpaired) electrons. The van der Waals surface area contributed by atoms with Crippen molar-refractivity contribution >= 4 is 10.0 Å². The highest BCUT2D eigenvalue weighted by atomic mass is 32.2. The molecule has 154 valence electrons. The van der Waals surface area contributed by atoms with Gasteiger partial charge in [0, 0.05) is 24.2 Å². The molecular formula is C21H31N3O3S. The van der Waals surface area contributed by atoms with Gasteiger partial charge >= 0.3 is 0 Å². The van der Waals surface area contributed by atoms with Crippen LogP contribution in [0.1, 0.15) is 50.3 Å². The summed E-state index contributed by atoms with van der Waals surface area (Å²) in [5.74, 6) is 0.573. The highest BCUT2D eigenvalue weighted by Crippen LogP contribution is 2.25. The van der Waals surface area contributed by atoms with Crippen LogP contribution in [0.5, 0.6) is 0 Å². The van der Waals surface area contributed by atoms with Crippen molar-refractivity contribution in [2.75, 3.05) is 19.6 Å². The van der Waals surface area contributed by atoms with Crippen molar-refractivity contribution < 1.29 is 12.9 Å². The Morgan fingerprint density at radius 1 is 1.14 bits per heavy atom. The number of likely N-dealkylation sites (tertiary alicyclic amines) is 1. The number of aryl methyl sites for hydroxylation is 2. The lowest BCUT2D eigenvalue weighted by atomic mass is 10.1. The molecule has 2 aromatic rings. The topological polar surface area (TPSA) is 75.4 Å². The first-order valence-corrected chi connectivity index (χ1v) is 11.6.